The monoisotopic (exact) mass is 332 g/mol. The molecule has 0 spiro atoms. The third-order valence-electron chi connectivity index (χ3n) is 4.11. The molecule has 2 amide bonds. The van der Waals surface area contributed by atoms with Gasteiger partial charge in [-0.2, -0.15) is 0 Å². The Morgan fingerprint density at radius 2 is 1.96 bits per heavy atom. The smallest absolute Gasteiger partial charge is 0.317 e. The molecule has 128 valence electrons. The molecule has 0 aliphatic carbocycles. The molecule has 2 heterocycles. The fourth-order valence-electron chi connectivity index (χ4n) is 2.72. The number of aryl methyl sites for hydroxylation is 1. The second-order valence-corrected chi connectivity index (χ2v) is 5.88. The van der Waals surface area contributed by atoms with Gasteiger partial charge in [0.05, 0.1) is 0 Å². The van der Waals surface area contributed by atoms with Gasteiger partial charge in [-0.05, 0) is 31.0 Å². The number of carbonyl (C=O) groups excluding carboxylic acids is 1. The summed E-state index contributed by atoms with van der Waals surface area (Å²) in [5.74, 6) is 1.36. The molecule has 1 saturated heterocycles. The highest BCUT2D eigenvalue weighted by atomic mass is 19.1. The van der Waals surface area contributed by atoms with Crippen LogP contribution in [0.15, 0.2) is 34.9 Å². The van der Waals surface area contributed by atoms with Crippen LogP contribution in [0.4, 0.5) is 15.0 Å². The van der Waals surface area contributed by atoms with Crippen LogP contribution in [0.5, 0.6) is 0 Å². The van der Waals surface area contributed by atoms with E-state index in [9.17, 15) is 9.18 Å². The third-order valence-corrected chi connectivity index (χ3v) is 4.11. The molecular formula is C17H21FN4O2. The van der Waals surface area contributed by atoms with Crippen LogP contribution in [0.25, 0.3) is 0 Å². The molecule has 3 rings (SSSR count). The van der Waals surface area contributed by atoms with Gasteiger partial charge in [0.2, 0.25) is 0 Å². The third kappa shape index (κ3) is 4.04. The summed E-state index contributed by atoms with van der Waals surface area (Å²) in [4.78, 5) is 16.1. The second kappa shape index (κ2) is 7.33. The molecule has 0 bridgehead atoms. The fourth-order valence-corrected chi connectivity index (χ4v) is 2.72. The number of anilines is 1. The van der Waals surface area contributed by atoms with Crippen molar-refractivity contribution in [3.8, 4) is 0 Å². The lowest BCUT2D eigenvalue weighted by Crippen LogP contribution is -2.52. The molecule has 1 aromatic heterocycles. The molecule has 1 aliphatic heterocycles. The lowest BCUT2D eigenvalue weighted by molar-refractivity contribution is 0.194. The molecule has 1 fully saturated rings. The Hall–Kier alpha value is -2.57. The largest absolute Gasteiger partial charge is 0.360 e. The average molecular weight is 332 g/mol. The van der Waals surface area contributed by atoms with Crippen molar-refractivity contribution in [1.29, 1.82) is 0 Å². The van der Waals surface area contributed by atoms with E-state index in [4.69, 9.17) is 4.52 Å². The van der Waals surface area contributed by atoms with E-state index in [0.717, 1.165) is 30.2 Å². The summed E-state index contributed by atoms with van der Waals surface area (Å²) in [6, 6.07) is 8.18. The SMILES string of the molecule is Cc1cc(N2CCN(C(=O)NCCc3ccc(F)cc3)CC2)no1. The molecule has 24 heavy (non-hydrogen) atoms. The molecule has 0 radical (unpaired) electrons. The molecule has 0 atom stereocenters. The van der Waals surface area contributed by atoms with Gasteiger partial charge >= 0.3 is 6.03 Å². The van der Waals surface area contributed by atoms with E-state index < -0.39 is 0 Å². The number of halogens is 1. The topological polar surface area (TPSA) is 61.6 Å². The lowest BCUT2D eigenvalue weighted by atomic mass is 10.1. The maximum atomic E-state index is 12.8. The Bertz CT molecular complexity index is 678. The molecule has 6 nitrogen and oxygen atoms in total. The van der Waals surface area contributed by atoms with E-state index >= 15 is 0 Å². The molecular weight excluding hydrogens is 311 g/mol. The number of nitrogens with zero attached hydrogens (tertiary/aromatic N) is 3. The van der Waals surface area contributed by atoms with Gasteiger partial charge in [0, 0.05) is 38.8 Å². The van der Waals surface area contributed by atoms with Gasteiger partial charge in [-0.15, -0.1) is 0 Å². The highest BCUT2D eigenvalue weighted by Crippen LogP contribution is 2.15. The summed E-state index contributed by atoms with van der Waals surface area (Å²) in [6.07, 6.45) is 0.685. The second-order valence-electron chi connectivity index (χ2n) is 5.88. The van der Waals surface area contributed by atoms with Gasteiger partial charge in [0.15, 0.2) is 5.82 Å². The number of hydrogen-bond acceptors (Lipinski definition) is 4. The number of urea groups is 1. The van der Waals surface area contributed by atoms with Gasteiger partial charge in [-0.3, -0.25) is 0 Å². The summed E-state index contributed by atoms with van der Waals surface area (Å²) in [6.45, 7) is 5.16. The number of amides is 2. The van der Waals surface area contributed by atoms with Crippen LogP contribution >= 0.6 is 0 Å². The standard InChI is InChI=1S/C17H21FN4O2/c1-13-12-16(20-24-13)21-8-10-22(11-9-21)17(23)19-7-6-14-2-4-15(18)5-3-14/h2-5,12H,6-11H2,1H3,(H,19,23). The highest BCUT2D eigenvalue weighted by molar-refractivity contribution is 5.74. The molecule has 1 aliphatic rings. The first-order valence-corrected chi connectivity index (χ1v) is 8.07. The number of rotatable bonds is 4. The van der Waals surface area contributed by atoms with Crippen LogP contribution in [0.1, 0.15) is 11.3 Å². The predicted molar refractivity (Wildman–Crippen MR) is 88.5 cm³/mol. The normalized spacial score (nSPS) is 14.8. The first-order valence-electron chi connectivity index (χ1n) is 8.07. The highest BCUT2D eigenvalue weighted by Gasteiger charge is 2.22. The molecule has 7 heteroatoms. The summed E-state index contributed by atoms with van der Waals surface area (Å²) < 4.78 is 17.9. The van der Waals surface area contributed by atoms with Crippen LogP contribution in [0.2, 0.25) is 0 Å². The van der Waals surface area contributed by atoms with Crippen molar-refractivity contribution in [3.05, 3.63) is 47.5 Å². The number of benzene rings is 1. The van der Waals surface area contributed by atoms with E-state index in [-0.39, 0.29) is 11.8 Å². The Labute approximate surface area is 140 Å². The van der Waals surface area contributed by atoms with E-state index in [2.05, 4.69) is 15.4 Å². The van der Waals surface area contributed by atoms with Crippen molar-refractivity contribution in [1.82, 2.24) is 15.4 Å². The molecule has 2 aromatic rings. The van der Waals surface area contributed by atoms with Gasteiger partial charge in [-0.1, -0.05) is 17.3 Å². The Morgan fingerprint density at radius 1 is 1.25 bits per heavy atom. The van der Waals surface area contributed by atoms with Gasteiger partial charge < -0.3 is 19.6 Å². The zero-order valence-electron chi connectivity index (χ0n) is 13.7. The maximum Gasteiger partial charge on any atom is 0.317 e. The first kappa shape index (κ1) is 16.3. The van der Waals surface area contributed by atoms with E-state index in [0.29, 0.717) is 26.1 Å². The van der Waals surface area contributed by atoms with Gasteiger partial charge in [0.1, 0.15) is 11.6 Å². The van der Waals surface area contributed by atoms with Crippen molar-refractivity contribution in [2.75, 3.05) is 37.6 Å². The number of hydrogen-bond donors (Lipinski definition) is 1. The van der Waals surface area contributed by atoms with E-state index in [1.807, 2.05) is 13.0 Å². The van der Waals surface area contributed by atoms with Gasteiger partial charge in [-0.25, -0.2) is 9.18 Å². The molecule has 1 N–H and O–H groups in total. The van der Waals surface area contributed by atoms with Crippen LogP contribution in [-0.2, 0) is 6.42 Å². The van der Waals surface area contributed by atoms with Crippen LogP contribution in [0, 0.1) is 12.7 Å². The minimum Gasteiger partial charge on any atom is -0.360 e. The summed E-state index contributed by atoms with van der Waals surface area (Å²) >= 11 is 0. The number of piperazine rings is 1. The van der Waals surface area contributed by atoms with Gasteiger partial charge in [0.25, 0.3) is 0 Å². The summed E-state index contributed by atoms with van der Waals surface area (Å²) in [5, 5.41) is 6.92. The van der Waals surface area contributed by atoms with E-state index in [1.54, 1.807) is 17.0 Å². The van der Waals surface area contributed by atoms with E-state index in [1.165, 1.54) is 12.1 Å². The zero-order valence-corrected chi connectivity index (χ0v) is 13.7. The first-order chi connectivity index (χ1) is 11.6. The van der Waals surface area contributed by atoms with Crippen LogP contribution < -0.4 is 10.2 Å². The number of carbonyl (C=O) groups is 1. The minimum absolute atomic E-state index is 0.0619. The van der Waals surface area contributed by atoms with Crippen molar-refractivity contribution >= 4 is 11.8 Å². The number of aromatic nitrogens is 1. The molecule has 0 unspecified atom stereocenters. The Balaban J connectivity index is 1.41. The van der Waals surface area contributed by atoms with Crippen LogP contribution in [0.3, 0.4) is 0 Å². The average Bonchev–Trinajstić information content (AvgIpc) is 3.03. The summed E-state index contributed by atoms with van der Waals surface area (Å²) in [7, 11) is 0. The van der Waals surface area contributed by atoms with Crippen molar-refractivity contribution in [2.45, 2.75) is 13.3 Å². The Morgan fingerprint density at radius 3 is 2.58 bits per heavy atom. The lowest BCUT2D eigenvalue weighted by Gasteiger charge is -2.34. The fraction of sp³-hybridized carbons (Fsp3) is 0.412. The quantitative estimate of drug-likeness (QED) is 0.932. The van der Waals surface area contributed by atoms with Crippen molar-refractivity contribution < 1.29 is 13.7 Å². The maximum absolute atomic E-state index is 12.8. The Kier molecular flexibility index (Phi) is 4.98. The van der Waals surface area contributed by atoms with Crippen molar-refractivity contribution in [2.24, 2.45) is 0 Å². The number of nitrogens with one attached hydrogen (secondary N) is 1. The molecule has 1 aromatic carbocycles. The predicted octanol–water partition coefficient (Wildman–Crippen LogP) is 2.20. The molecule has 0 saturated carbocycles. The van der Waals surface area contributed by atoms with Crippen molar-refractivity contribution in [3.63, 3.8) is 0 Å². The van der Waals surface area contributed by atoms with Crippen LogP contribution in [-0.4, -0.2) is 48.8 Å². The zero-order chi connectivity index (χ0) is 16.9. The summed E-state index contributed by atoms with van der Waals surface area (Å²) in [5.41, 5.74) is 1.00. The minimum atomic E-state index is -0.247.